The molecule has 0 radical (unpaired) electrons. The van der Waals surface area contributed by atoms with Crippen LogP contribution in [0.15, 0.2) is 30.5 Å². The Kier molecular flexibility index (Phi) is 4.21. The van der Waals surface area contributed by atoms with E-state index in [4.69, 9.17) is 0 Å². The topological polar surface area (TPSA) is 46.8 Å². The van der Waals surface area contributed by atoms with Gasteiger partial charge in [-0.15, -0.1) is 0 Å². The van der Waals surface area contributed by atoms with Crippen molar-refractivity contribution in [2.75, 3.05) is 6.54 Å². The molecule has 5 nitrogen and oxygen atoms in total. The molecule has 0 unspecified atom stereocenters. The molecule has 0 saturated carbocycles. The second kappa shape index (κ2) is 6.52. The highest BCUT2D eigenvalue weighted by atomic mass is 19.1. The zero-order valence-corrected chi connectivity index (χ0v) is 14.6. The number of fused-ring (bicyclic) bond motifs is 1. The van der Waals surface area contributed by atoms with Crippen molar-refractivity contribution in [3.8, 4) is 0 Å². The van der Waals surface area contributed by atoms with Gasteiger partial charge in [0.15, 0.2) is 0 Å². The third-order valence-electron chi connectivity index (χ3n) is 5.02. The Hall–Kier alpha value is -2.34. The molecule has 3 aromatic rings. The average molecular weight is 339 g/mol. The fourth-order valence-electron chi connectivity index (χ4n) is 3.79. The number of benzene rings is 1. The lowest BCUT2D eigenvalue weighted by Crippen LogP contribution is -2.33. The van der Waals surface area contributed by atoms with E-state index in [1.54, 1.807) is 24.4 Å². The maximum atomic E-state index is 14.0. The van der Waals surface area contributed by atoms with Crippen molar-refractivity contribution in [3.05, 3.63) is 53.5 Å². The number of hydrogen-bond donors (Lipinski definition) is 0. The quantitative estimate of drug-likeness (QED) is 0.732. The summed E-state index contributed by atoms with van der Waals surface area (Å²) in [5.74, 6) is 1.56. The number of aromatic nitrogens is 4. The van der Waals surface area contributed by atoms with E-state index in [1.165, 1.54) is 6.42 Å². The number of hydrogen-bond acceptors (Lipinski definition) is 4. The first-order valence-corrected chi connectivity index (χ1v) is 8.76. The minimum atomic E-state index is -0.210. The van der Waals surface area contributed by atoms with E-state index in [0.717, 1.165) is 48.8 Å². The van der Waals surface area contributed by atoms with E-state index >= 15 is 0 Å². The lowest BCUT2D eigenvalue weighted by molar-refractivity contribution is 0.218. The van der Waals surface area contributed by atoms with Gasteiger partial charge in [0.2, 0.25) is 0 Å². The third-order valence-corrected chi connectivity index (χ3v) is 5.02. The van der Waals surface area contributed by atoms with Crippen molar-refractivity contribution >= 4 is 10.9 Å². The second-order valence-corrected chi connectivity index (χ2v) is 6.76. The first kappa shape index (κ1) is 16.1. The molecule has 130 valence electrons. The lowest BCUT2D eigenvalue weighted by atomic mass is 10.1. The van der Waals surface area contributed by atoms with Crippen molar-refractivity contribution in [2.24, 2.45) is 0 Å². The molecule has 6 heteroatoms. The summed E-state index contributed by atoms with van der Waals surface area (Å²) in [5.41, 5.74) is 1.84. The largest absolute Gasteiger partial charge is 0.294 e. The summed E-state index contributed by atoms with van der Waals surface area (Å²) in [5, 5.41) is 5.09. The Morgan fingerprint density at radius 2 is 2.12 bits per heavy atom. The molecule has 0 spiro atoms. The van der Waals surface area contributed by atoms with Crippen LogP contribution in [-0.2, 0) is 13.1 Å². The van der Waals surface area contributed by atoms with E-state index < -0.39 is 0 Å². The van der Waals surface area contributed by atoms with Gasteiger partial charge in [-0.25, -0.2) is 14.1 Å². The van der Waals surface area contributed by atoms with Crippen LogP contribution in [0.5, 0.6) is 0 Å². The molecule has 3 heterocycles. The number of nitrogens with zero attached hydrogens (tertiary/aromatic N) is 5. The van der Waals surface area contributed by atoms with Gasteiger partial charge in [0.05, 0.1) is 12.1 Å². The Morgan fingerprint density at radius 1 is 1.24 bits per heavy atom. The lowest BCUT2D eigenvalue weighted by Gasteiger charge is -2.25. The molecule has 1 saturated heterocycles. The van der Waals surface area contributed by atoms with Crippen LogP contribution in [0.1, 0.15) is 30.1 Å². The highest BCUT2D eigenvalue weighted by molar-refractivity contribution is 5.82. The molecule has 4 rings (SSSR count). The van der Waals surface area contributed by atoms with E-state index in [9.17, 15) is 4.39 Å². The van der Waals surface area contributed by atoms with Crippen molar-refractivity contribution in [3.63, 3.8) is 0 Å². The van der Waals surface area contributed by atoms with Gasteiger partial charge in [0.1, 0.15) is 17.5 Å². The van der Waals surface area contributed by atoms with Gasteiger partial charge in [0, 0.05) is 24.2 Å². The molecule has 0 amide bonds. The molecule has 25 heavy (non-hydrogen) atoms. The fraction of sp³-hybridized carbons (Fsp3) is 0.421. The van der Waals surface area contributed by atoms with Crippen LogP contribution in [0.2, 0.25) is 0 Å². The fourth-order valence-corrected chi connectivity index (χ4v) is 3.79. The van der Waals surface area contributed by atoms with Crippen molar-refractivity contribution in [1.29, 1.82) is 0 Å². The molecule has 0 bridgehead atoms. The standard InChI is InChI=1S/C19H22FN5/c1-13-22-14(2)25(23-13)12-16-5-4-10-24(16)11-15-7-8-18(20)17-6-3-9-21-19(15)17/h3,6-9,16H,4-5,10-12H2,1-2H3/t16-/m0/s1. The third kappa shape index (κ3) is 3.14. The van der Waals surface area contributed by atoms with Gasteiger partial charge in [-0.1, -0.05) is 6.07 Å². The summed E-state index contributed by atoms with van der Waals surface area (Å²) in [4.78, 5) is 11.3. The Bertz CT molecular complexity index is 904. The maximum Gasteiger partial charge on any atom is 0.147 e. The van der Waals surface area contributed by atoms with Gasteiger partial charge in [-0.2, -0.15) is 5.10 Å². The van der Waals surface area contributed by atoms with Crippen molar-refractivity contribution < 1.29 is 4.39 Å². The maximum absolute atomic E-state index is 14.0. The van der Waals surface area contributed by atoms with E-state index in [1.807, 2.05) is 24.6 Å². The molecule has 1 atom stereocenters. The van der Waals surface area contributed by atoms with Crippen molar-refractivity contribution in [1.82, 2.24) is 24.6 Å². The summed E-state index contributed by atoms with van der Waals surface area (Å²) in [6.45, 7) is 6.59. The molecule has 1 aromatic carbocycles. The van der Waals surface area contributed by atoms with Gasteiger partial charge < -0.3 is 0 Å². The number of pyridine rings is 1. The number of halogens is 1. The minimum absolute atomic E-state index is 0.210. The molecular formula is C19H22FN5. The Balaban J connectivity index is 1.58. The first-order valence-electron chi connectivity index (χ1n) is 8.76. The summed E-state index contributed by atoms with van der Waals surface area (Å²) in [6.07, 6.45) is 4.04. The first-order chi connectivity index (χ1) is 12.1. The van der Waals surface area contributed by atoms with Crippen LogP contribution in [0, 0.1) is 19.7 Å². The van der Waals surface area contributed by atoms with E-state index in [2.05, 4.69) is 20.0 Å². The summed E-state index contributed by atoms with van der Waals surface area (Å²) in [6, 6.07) is 7.41. The van der Waals surface area contributed by atoms with Gasteiger partial charge >= 0.3 is 0 Å². The summed E-state index contributed by atoms with van der Waals surface area (Å²) < 4.78 is 16.0. The Labute approximate surface area is 146 Å². The predicted molar refractivity (Wildman–Crippen MR) is 94.6 cm³/mol. The average Bonchev–Trinajstić information content (AvgIpc) is 3.17. The van der Waals surface area contributed by atoms with Gasteiger partial charge in [-0.3, -0.25) is 9.88 Å². The van der Waals surface area contributed by atoms with Crippen LogP contribution in [0.4, 0.5) is 4.39 Å². The van der Waals surface area contributed by atoms with Crippen LogP contribution in [-0.4, -0.2) is 37.2 Å². The second-order valence-electron chi connectivity index (χ2n) is 6.76. The zero-order chi connectivity index (χ0) is 17.4. The van der Waals surface area contributed by atoms with E-state index in [-0.39, 0.29) is 5.82 Å². The molecule has 0 N–H and O–H groups in total. The SMILES string of the molecule is Cc1nc(C)n(C[C@@H]2CCCN2Cc2ccc(F)c3cccnc23)n1. The molecule has 1 fully saturated rings. The Morgan fingerprint density at radius 3 is 2.92 bits per heavy atom. The monoisotopic (exact) mass is 339 g/mol. The summed E-state index contributed by atoms with van der Waals surface area (Å²) in [7, 11) is 0. The molecular weight excluding hydrogens is 317 g/mol. The highest BCUT2D eigenvalue weighted by Gasteiger charge is 2.26. The number of likely N-dealkylation sites (tertiary alicyclic amines) is 1. The van der Waals surface area contributed by atoms with Crippen LogP contribution in [0.25, 0.3) is 10.9 Å². The summed E-state index contributed by atoms with van der Waals surface area (Å²) >= 11 is 0. The molecule has 1 aliphatic heterocycles. The molecule has 0 aliphatic carbocycles. The minimum Gasteiger partial charge on any atom is -0.294 e. The molecule has 1 aliphatic rings. The number of aryl methyl sites for hydroxylation is 2. The smallest absolute Gasteiger partial charge is 0.147 e. The number of rotatable bonds is 4. The van der Waals surface area contributed by atoms with Gasteiger partial charge in [0.25, 0.3) is 0 Å². The predicted octanol–water partition coefficient (Wildman–Crippen LogP) is 3.25. The van der Waals surface area contributed by atoms with Crippen LogP contribution < -0.4 is 0 Å². The normalized spacial score (nSPS) is 18.3. The molecule has 2 aromatic heterocycles. The highest BCUT2D eigenvalue weighted by Crippen LogP contribution is 2.26. The zero-order valence-electron chi connectivity index (χ0n) is 14.6. The van der Waals surface area contributed by atoms with Gasteiger partial charge in [-0.05, 0) is 57.0 Å². The van der Waals surface area contributed by atoms with E-state index in [0.29, 0.717) is 11.4 Å². The van der Waals surface area contributed by atoms with Crippen molar-refractivity contribution in [2.45, 2.75) is 45.8 Å². The van der Waals surface area contributed by atoms with Crippen LogP contribution >= 0.6 is 0 Å². The van der Waals surface area contributed by atoms with Crippen LogP contribution in [0.3, 0.4) is 0 Å².